The Bertz CT molecular complexity index is 226. The second-order valence-corrected chi connectivity index (χ2v) is 3.94. The Balaban J connectivity index is 2.72. The quantitative estimate of drug-likeness (QED) is 0.585. The summed E-state index contributed by atoms with van der Waals surface area (Å²) in [7, 11) is 0. The van der Waals surface area contributed by atoms with Crippen LogP contribution in [0, 0.1) is 11.3 Å². The van der Waals surface area contributed by atoms with Crippen molar-refractivity contribution in [1.29, 1.82) is 0 Å². The first-order valence-corrected chi connectivity index (χ1v) is 4.22. The molecule has 0 N–H and O–H groups in total. The lowest BCUT2D eigenvalue weighted by molar-refractivity contribution is -0.120. The average molecular weight is 166 g/mol. The monoisotopic (exact) mass is 166 g/mol. The fourth-order valence-electron chi connectivity index (χ4n) is 1.42. The van der Waals surface area contributed by atoms with Gasteiger partial charge < -0.3 is 4.79 Å². The van der Waals surface area contributed by atoms with Crippen LogP contribution >= 0.6 is 0 Å². The van der Waals surface area contributed by atoms with Gasteiger partial charge >= 0.3 is 0 Å². The molecule has 1 unspecified atom stereocenters. The van der Waals surface area contributed by atoms with Crippen LogP contribution in [0.4, 0.5) is 0 Å². The van der Waals surface area contributed by atoms with Gasteiger partial charge in [-0.15, -0.1) is 0 Å². The van der Waals surface area contributed by atoms with E-state index in [2.05, 4.69) is 0 Å². The Labute approximate surface area is 72.7 Å². The van der Waals surface area contributed by atoms with Gasteiger partial charge in [-0.2, -0.15) is 0 Å². The first kappa shape index (κ1) is 9.17. The second kappa shape index (κ2) is 3.21. The molecule has 2 heteroatoms. The van der Waals surface area contributed by atoms with Gasteiger partial charge in [-0.3, -0.25) is 4.79 Å². The third-order valence-electron chi connectivity index (χ3n) is 2.53. The van der Waals surface area contributed by atoms with E-state index in [0.717, 1.165) is 12.7 Å². The van der Waals surface area contributed by atoms with E-state index in [1.54, 1.807) is 6.08 Å². The molecule has 0 saturated carbocycles. The molecule has 1 aliphatic carbocycles. The minimum atomic E-state index is -0.361. The van der Waals surface area contributed by atoms with Crippen molar-refractivity contribution in [2.24, 2.45) is 11.3 Å². The van der Waals surface area contributed by atoms with Gasteiger partial charge in [0.15, 0.2) is 5.78 Å². The molecule has 0 aromatic carbocycles. The average Bonchev–Trinajstić information content (AvgIpc) is 2.05. The van der Waals surface area contributed by atoms with E-state index in [4.69, 9.17) is 0 Å². The number of rotatable bonds is 2. The van der Waals surface area contributed by atoms with Crippen LogP contribution < -0.4 is 0 Å². The predicted octanol–water partition coefficient (Wildman–Crippen LogP) is 1.75. The van der Waals surface area contributed by atoms with Crippen molar-refractivity contribution in [2.75, 3.05) is 0 Å². The third kappa shape index (κ3) is 1.81. The summed E-state index contributed by atoms with van der Waals surface area (Å²) >= 11 is 0. The molecule has 1 rings (SSSR count). The number of hydrogen-bond acceptors (Lipinski definition) is 2. The van der Waals surface area contributed by atoms with Crippen molar-refractivity contribution in [3.8, 4) is 0 Å². The lowest BCUT2D eigenvalue weighted by atomic mass is 9.74. The Kier molecular flexibility index (Phi) is 2.46. The Hall–Kier alpha value is -0.920. The maximum Gasteiger partial charge on any atom is 0.155 e. The molecule has 12 heavy (non-hydrogen) atoms. The summed E-state index contributed by atoms with van der Waals surface area (Å²) < 4.78 is 0. The Morgan fingerprint density at radius 1 is 1.58 bits per heavy atom. The molecule has 0 aliphatic heterocycles. The maximum absolute atomic E-state index is 11.0. The summed E-state index contributed by atoms with van der Waals surface area (Å²) in [4.78, 5) is 21.7. The van der Waals surface area contributed by atoms with Crippen LogP contribution in [-0.4, -0.2) is 12.1 Å². The van der Waals surface area contributed by atoms with Gasteiger partial charge in [0.2, 0.25) is 0 Å². The molecule has 0 heterocycles. The molecule has 0 amide bonds. The molecule has 2 nitrogen and oxygen atoms in total. The first-order valence-electron chi connectivity index (χ1n) is 4.22. The smallest absolute Gasteiger partial charge is 0.155 e. The van der Waals surface area contributed by atoms with Gasteiger partial charge in [-0.05, 0) is 18.4 Å². The Morgan fingerprint density at radius 3 is 2.75 bits per heavy atom. The lowest BCUT2D eigenvalue weighted by Gasteiger charge is -2.29. The SMILES string of the molecule is CC(C)(C=O)C1CC=CC(=O)C1. The number of carbonyl (C=O) groups is 2. The molecule has 0 saturated heterocycles. The molecular weight excluding hydrogens is 152 g/mol. The first-order chi connectivity index (χ1) is 5.56. The van der Waals surface area contributed by atoms with E-state index < -0.39 is 0 Å². The van der Waals surface area contributed by atoms with Crippen LogP contribution in [0.15, 0.2) is 12.2 Å². The van der Waals surface area contributed by atoms with Gasteiger partial charge in [-0.25, -0.2) is 0 Å². The van der Waals surface area contributed by atoms with Crippen molar-refractivity contribution in [2.45, 2.75) is 26.7 Å². The summed E-state index contributed by atoms with van der Waals surface area (Å²) in [5, 5.41) is 0. The van der Waals surface area contributed by atoms with E-state index in [9.17, 15) is 9.59 Å². The van der Waals surface area contributed by atoms with E-state index >= 15 is 0 Å². The van der Waals surface area contributed by atoms with Gasteiger partial charge in [0.05, 0.1) is 0 Å². The molecule has 1 atom stereocenters. The highest BCUT2D eigenvalue weighted by molar-refractivity contribution is 5.90. The third-order valence-corrected chi connectivity index (χ3v) is 2.53. The zero-order valence-corrected chi connectivity index (χ0v) is 7.54. The number of allylic oxidation sites excluding steroid dienone is 2. The molecule has 1 aliphatic rings. The second-order valence-electron chi connectivity index (χ2n) is 3.94. The highest BCUT2D eigenvalue weighted by Gasteiger charge is 2.30. The van der Waals surface area contributed by atoms with Crippen LogP contribution in [0.25, 0.3) is 0 Å². The van der Waals surface area contributed by atoms with Gasteiger partial charge in [0.1, 0.15) is 6.29 Å². The summed E-state index contributed by atoms with van der Waals surface area (Å²) in [5.74, 6) is 0.327. The topological polar surface area (TPSA) is 34.1 Å². The van der Waals surface area contributed by atoms with Crippen molar-refractivity contribution < 1.29 is 9.59 Å². The maximum atomic E-state index is 11.0. The van der Waals surface area contributed by atoms with Gasteiger partial charge in [0, 0.05) is 11.8 Å². The molecule has 0 fully saturated rings. The van der Waals surface area contributed by atoms with E-state index in [0.29, 0.717) is 6.42 Å². The number of ketones is 1. The standard InChI is InChI=1S/C10H14O2/c1-10(2,7-11)8-4-3-5-9(12)6-8/h3,5,7-8H,4,6H2,1-2H3. The van der Waals surface area contributed by atoms with Gasteiger partial charge in [-0.1, -0.05) is 19.9 Å². The minimum absolute atomic E-state index is 0.140. The fraction of sp³-hybridized carbons (Fsp3) is 0.600. The van der Waals surface area contributed by atoms with Crippen molar-refractivity contribution >= 4 is 12.1 Å². The summed E-state index contributed by atoms with van der Waals surface area (Å²) in [6.07, 6.45) is 5.78. The van der Waals surface area contributed by atoms with Crippen LogP contribution in [0.3, 0.4) is 0 Å². The molecule has 0 spiro atoms. The number of hydrogen-bond donors (Lipinski definition) is 0. The summed E-state index contributed by atoms with van der Waals surface area (Å²) in [5.41, 5.74) is -0.361. The molecule has 0 bridgehead atoms. The van der Waals surface area contributed by atoms with E-state index in [-0.39, 0.29) is 17.1 Å². The van der Waals surface area contributed by atoms with Crippen LogP contribution in [0.2, 0.25) is 0 Å². The van der Waals surface area contributed by atoms with E-state index in [1.165, 1.54) is 0 Å². The van der Waals surface area contributed by atoms with Crippen molar-refractivity contribution in [3.63, 3.8) is 0 Å². The highest BCUT2D eigenvalue weighted by atomic mass is 16.1. The highest BCUT2D eigenvalue weighted by Crippen LogP contribution is 2.32. The minimum Gasteiger partial charge on any atom is -0.303 e. The van der Waals surface area contributed by atoms with Crippen LogP contribution in [0.1, 0.15) is 26.7 Å². The largest absolute Gasteiger partial charge is 0.303 e. The van der Waals surface area contributed by atoms with Gasteiger partial charge in [0.25, 0.3) is 0 Å². The fourth-order valence-corrected chi connectivity index (χ4v) is 1.42. The summed E-state index contributed by atoms with van der Waals surface area (Å²) in [6.45, 7) is 3.77. The van der Waals surface area contributed by atoms with Crippen LogP contribution in [0.5, 0.6) is 0 Å². The molecule has 66 valence electrons. The zero-order chi connectivity index (χ0) is 9.19. The van der Waals surface area contributed by atoms with Crippen LogP contribution in [-0.2, 0) is 9.59 Å². The Morgan fingerprint density at radius 2 is 2.25 bits per heavy atom. The molecule has 0 aromatic heterocycles. The molecule has 0 radical (unpaired) electrons. The van der Waals surface area contributed by atoms with E-state index in [1.807, 2.05) is 19.9 Å². The number of carbonyl (C=O) groups excluding carboxylic acids is 2. The molecular formula is C10H14O2. The normalized spacial score (nSPS) is 24.2. The summed E-state index contributed by atoms with van der Waals surface area (Å²) in [6, 6.07) is 0. The zero-order valence-electron chi connectivity index (χ0n) is 7.54. The molecule has 0 aromatic rings. The number of aldehydes is 1. The predicted molar refractivity (Wildman–Crippen MR) is 46.7 cm³/mol. The van der Waals surface area contributed by atoms with Crippen molar-refractivity contribution in [3.05, 3.63) is 12.2 Å². The lowest BCUT2D eigenvalue weighted by Crippen LogP contribution is -2.28. The van der Waals surface area contributed by atoms with Crippen molar-refractivity contribution in [1.82, 2.24) is 0 Å².